The van der Waals surface area contributed by atoms with Gasteiger partial charge in [-0.2, -0.15) is 0 Å². The van der Waals surface area contributed by atoms with E-state index in [2.05, 4.69) is 48.9 Å². The van der Waals surface area contributed by atoms with Gasteiger partial charge in [-0.1, -0.05) is 49.7 Å². The van der Waals surface area contributed by atoms with Crippen molar-refractivity contribution in [1.82, 2.24) is 5.32 Å². The van der Waals surface area contributed by atoms with E-state index < -0.39 is 6.10 Å². The summed E-state index contributed by atoms with van der Waals surface area (Å²) in [6.45, 7) is 10.7. The van der Waals surface area contributed by atoms with E-state index >= 15 is 0 Å². The first-order valence-corrected chi connectivity index (χ1v) is 7.85. The number of halogens is 1. The van der Waals surface area contributed by atoms with E-state index in [1.807, 2.05) is 24.3 Å². The summed E-state index contributed by atoms with van der Waals surface area (Å²) < 4.78 is 6.53. The van der Waals surface area contributed by atoms with Gasteiger partial charge in [0.2, 0.25) is 0 Å². The summed E-state index contributed by atoms with van der Waals surface area (Å²) in [5.41, 5.74) is 0.283. The van der Waals surface area contributed by atoms with Crippen molar-refractivity contribution in [2.24, 2.45) is 11.3 Å². The Hall–Kier alpha value is -0.580. The zero-order chi connectivity index (χ0) is 15.2. The van der Waals surface area contributed by atoms with E-state index in [0.29, 0.717) is 19.1 Å². The third kappa shape index (κ3) is 6.73. The maximum atomic E-state index is 9.90. The SMILES string of the molecule is CC(CNCC(O)COc1cccc(Br)c1)C(C)(C)C. The van der Waals surface area contributed by atoms with Crippen molar-refractivity contribution in [1.29, 1.82) is 0 Å². The molecule has 0 amide bonds. The fourth-order valence-electron chi connectivity index (χ4n) is 1.58. The molecule has 4 heteroatoms. The Labute approximate surface area is 130 Å². The Morgan fingerprint density at radius 1 is 1.30 bits per heavy atom. The average molecular weight is 344 g/mol. The molecule has 0 saturated heterocycles. The summed E-state index contributed by atoms with van der Waals surface area (Å²) in [4.78, 5) is 0. The van der Waals surface area contributed by atoms with E-state index in [4.69, 9.17) is 4.74 Å². The van der Waals surface area contributed by atoms with Crippen molar-refractivity contribution in [3.8, 4) is 5.75 Å². The van der Waals surface area contributed by atoms with Crippen molar-refractivity contribution >= 4 is 15.9 Å². The molecular weight excluding hydrogens is 318 g/mol. The molecule has 2 unspecified atom stereocenters. The molecule has 1 aromatic carbocycles. The number of aliphatic hydroxyl groups excluding tert-OH is 1. The predicted octanol–water partition coefficient (Wildman–Crippen LogP) is 3.46. The number of hydrogen-bond donors (Lipinski definition) is 2. The number of benzene rings is 1. The fraction of sp³-hybridized carbons (Fsp3) is 0.625. The number of rotatable bonds is 7. The molecule has 2 N–H and O–H groups in total. The number of ether oxygens (including phenoxy) is 1. The third-order valence-electron chi connectivity index (χ3n) is 3.55. The van der Waals surface area contributed by atoms with Crippen LogP contribution in [-0.4, -0.2) is 30.9 Å². The molecule has 0 aliphatic carbocycles. The minimum atomic E-state index is -0.499. The zero-order valence-electron chi connectivity index (χ0n) is 12.8. The monoisotopic (exact) mass is 343 g/mol. The molecule has 1 aromatic rings. The first-order valence-electron chi connectivity index (χ1n) is 7.06. The minimum Gasteiger partial charge on any atom is -0.491 e. The van der Waals surface area contributed by atoms with E-state index in [-0.39, 0.29) is 5.41 Å². The predicted molar refractivity (Wildman–Crippen MR) is 87.1 cm³/mol. The second-order valence-corrected chi connectivity index (χ2v) is 7.26. The largest absolute Gasteiger partial charge is 0.491 e. The lowest BCUT2D eigenvalue weighted by atomic mass is 9.82. The van der Waals surface area contributed by atoms with Crippen LogP contribution >= 0.6 is 15.9 Å². The number of aliphatic hydroxyl groups is 1. The van der Waals surface area contributed by atoms with Crippen LogP contribution in [0.4, 0.5) is 0 Å². The molecule has 0 heterocycles. The lowest BCUT2D eigenvalue weighted by Crippen LogP contribution is -2.36. The van der Waals surface area contributed by atoms with Crippen LogP contribution in [0.1, 0.15) is 27.7 Å². The highest BCUT2D eigenvalue weighted by Gasteiger charge is 2.19. The van der Waals surface area contributed by atoms with Gasteiger partial charge in [-0.25, -0.2) is 0 Å². The smallest absolute Gasteiger partial charge is 0.120 e. The molecule has 0 aliphatic heterocycles. The fourth-order valence-corrected chi connectivity index (χ4v) is 1.96. The van der Waals surface area contributed by atoms with Crippen molar-refractivity contribution in [3.63, 3.8) is 0 Å². The molecule has 0 bridgehead atoms. The van der Waals surface area contributed by atoms with Crippen molar-refractivity contribution in [3.05, 3.63) is 28.7 Å². The standard InChI is InChI=1S/C16H26BrNO2/c1-12(16(2,3)4)9-18-10-14(19)11-20-15-7-5-6-13(17)8-15/h5-8,12,14,18-19H,9-11H2,1-4H3. The Morgan fingerprint density at radius 3 is 2.60 bits per heavy atom. The van der Waals surface area contributed by atoms with Gasteiger partial charge in [0, 0.05) is 11.0 Å². The number of nitrogens with one attached hydrogen (secondary N) is 1. The third-order valence-corrected chi connectivity index (χ3v) is 4.04. The van der Waals surface area contributed by atoms with Crippen LogP contribution in [0.2, 0.25) is 0 Å². The van der Waals surface area contributed by atoms with Gasteiger partial charge in [0.1, 0.15) is 18.5 Å². The first-order chi connectivity index (χ1) is 9.29. The molecule has 0 radical (unpaired) electrons. The summed E-state index contributed by atoms with van der Waals surface area (Å²) in [5.74, 6) is 1.32. The van der Waals surface area contributed by atoms with Crippen molar-refractivity contribution in [2.75, 3.05) is 19.7 Å². The van der Waals surface area contributed by atoms with Gasteiger partial charge in [0.25, 0.3) is 0 Å². The summed E-state index contributed by atoms with van der Waals surface area (Å²) in [7, 11) is 0. The van der Waals surface area contributed by atoms with Crippen molar-refractivity contribution < 1.29 is 9.84 Å². The highest BCUT2D eigenvalue weighted by Crippen LogP contribution is 2.24. The van der Waals surface area contributed by atoms with E-state index in [1.165, 1.54) is 0 Å². The van der Waals surface area contributed by atoms with Gasteiger partial charge >= 0.3 is 0 Å². The van der Waals surface area contributed by atoms with Crippen LogP contribution in [0.25, 0.3) is 0 Å². The Morgan fingerprint density at radius 2 is 2.00 bits per heavy atom. The van der Waals surface area contributed by atoms with E-state index in [0.717, 1.165) is 16.8 Å². The lowest BCUT2D eigenvalue weighted by Gasteiger charge is -2.27. The molecule has 0 fully saturated rings. The van der Waals surface area contributed by atoms with Crippen LogP contribution in [0.3, 0.4) is 0 Å². The molecule has 2 atom stereocenters. The van der Waals surface area contributed by atoms with Crippen LogP contribution < -0.4 is 10.1 Å². The molecular formula is C16H26BrNO2. The first kappa shape index (κ1) is 17.5. The molecule has 3 nitrogen and oxygen atoms in total. The van der Waals surface area contributed by atoms with Crippen LogP contribution in [0.5, 0.6) is 5.75 Å². The van der Waals surface area contributed by atoms with Gasteiger partial charge < -0.3 is 15.2 Å². The lowest BCUT2D eigenvalue weighted by molar-refractivity contribution is 0.103. The van der Waals surface area contributed by atoms with Gasteiger partial charge in [-0.05, 0) is 36.1 Å². The normalized spacial score (nSPS) is 14.9. The zero-order valence-corrected chi connectivity index (χ0v) is 14.4. The summed E-state index contributed by atoms with van der Waals surface area (Å²) in [6, 6.07) is 7.63. The van der Waals surface area contributed by atoms with E-state index in [9.17, 15) is 5.11 Å². The number of hydrogen-bond acceptors (Lipinski definition) is 3. The van der Waals surface area contributed by atoms with Crippen molar-refractivity contribution in [2.45, 2.75) is 33.8 Å². The molecule has 0 aromatic heterocycles. The summed E-state index contributed by atoms with van der Waals surface area (Å²) in [5, 5.41) is 13.2. The Kier molecular flexibility index (Phi) is 7.00. The topological polar surface area (TPSA) is 41.5 Å². The highest BCUT2D eigenvalue weighted by atomic mass is 79.9. The molecule has 0 saturated carbocycles. The second kappa shape index (κ2) is 8.01. The van der Waals surface area contributed by atoms with Gasteiger partial charge in [-0.15, -0.1) is 0 Å². The van der Waals surface area contributed by atoms with Crippen LogP contribution in [0.15, 0.2) is 28.7 Å². The van der Waals surface area contributed by atoms with Crippen LogP contribution in [0, 0.1) is 11.3 Å². The van der Waals surface area contributed by atoms with Gasteiger partial charge in [0.05, 0.1) is 0 Å². The maximum Gasteiger partial charge on any atom is 0.120 e. The molecule has 20 heavy (non-hydrogen) atoms. The summed E-state index contributed by atoms with van der Waals surface area (Å²) in [6.07, 6.45) is -0.499. The molecule has 0 spiro atoms. The second-order valence-electron chi connectivity index (χ2n) is 6.35. The van der Waals surface area contributed by atoms with Crippen LogP contribution in [-0.2, 0) is 0 Å². The average Bonchev–Trinajstić information content (AvgIpc) is 2.35. The Bertz CT molecular complexity index is 404. The highest BCUT2D eigenvalue weighted by molar-refractivity contribution is 9.10. The molecule has 114 valence electrons. The van der Waals surface area contributed by atoms with Gasteiger partial charge in [-0.3, -0.25) is 0 Å². The van der Waals surface area contributed by atoms with E-state index in [1.54, 1.807) is 0 Å². The Balaban J connectivity index is 2.22. The minimum absolute atomic E-state index is 0.283. The quantitative estimate of drug-likeness (QED) is 0.796. The molecule has 0 aliphatic rings. The maximum absolute atomic E-state index is 9.90. The van der Waals surface area contributed by atoms with Gasteiger partial charge in [0.15, 0.2) is 0 Å². The molecule has 1 rings (SSSR count). The summed E-state index contributed by atoms with van der Waals surface area (Å²) >= 11 is 3.39.